The van der Waals surface area contributed by atoms with Crippen molar-refractivity contribution in [2.45, 2.75) is 69.1 Å². The summed E-state index contributed by atoms with van der Waals surface area (Å²) in [5, 5.41) is 20.1. The fourth-order valence-corrected chi connectivity index (χ4v) is 7.09. The molecule has 0 radical (unpaired) electrons. The van der Waals surface area contributed by atoms with Crippen LogP contribution in [0.1, 0.15) is 66.4 Å². The number of anilines is 1. The van der Waals surface area contributed by atoms with Gasteiger partial charge in [-0.25, -0.2) is 4.98 Å². The molecule has 5 aliphatic rings. The summed E-state index contributed by atoms with van der Waals surface area (Å²) in [4.78, 5) is 19.9. The maximum absolute atomic E-state index is 12.9. The van der Waals surface area contributed by atoms with Gasteiger partial charge in [0.1, 0.15) is 5.82 Å². The molecule has 8 rings (SSSR count). The minimum atomic E-state index is -0.426. The van der Waals surface area contributed by atoms with E-state index in [4.69, 9.17) is 4.74 Å². The van der Waals surface area contributed by atoms with Crippen molar-refractivity contribution in [3.63, 3.8) is 0 Å². The van der Waals surface area contributed by atoms with E-state index in [-0.39, 0.29) is 17.0 Å². The predicted octanol–water partition coefficient (Wildman–Crippen LogP) is 3.83. The van der Waals surface area contributed by atoms with Crippen LogP contribution in [0.15, 0.2) is 36.8 Å². The van der Waals surface area contributed by atoms with Crippen LogP contribution in [0.5, 0.6) is 0 Å². The second-order valence-corrected chi connectivity index (χ2v) is 12.1. The SMILES string of the molecule is Cc1cc2cnc(NC(=O)c3cnn(C45CC(C4)C5)c3)cc2cc1C1CCN(C2(C)COCC2O)CC1. The molecule has 2 aromatic heterocycles. The van der Waals surface area contributed by atoms with E-state index < -0.39 is 6.10 Å². The van der Waals surface area contributed by atoms with Crippen molar-refractivity contribution in [2.24, 2.45) is 5.92 Å². The highest BCUT2D eigenvalue weighted by Gasteiger charge is 2.58. The molecule has 2 bridgehead atoms. The number of fused-ring (bicyclic) bond motifs is 1. The number of nitrogens with one attached hydrogen (secondary N) is 1. The summed E-state index contributed by atoms with van der Waals surface area (Å²) < 4.78 is 7.56. The van der Waals surface area contributed by atoms with Crippen LogP contribution in [-0.2, 0) is 10.3 Å². The van der Waals surface area contributed by atoms with Gasteiger partial charge in [-0.3, -0.25) is 14.4 Å². The average molecular weight is 502 g/mol. The van der Waals surface area contributed by atoms with Crippen LogP contribution >= 0.6 is 0 Å². The first kappa shape index (κ1) is 23.3. The van der Waals surface area contributed by atoms with Gasteiger partial charge < -0.3 is 15.2 Å². The zero-order valence-corrected chi connectivity index (χ0v) is 21.6. The molecule has 1 amide bonds. The van der Waals surface area contributed by atoms with Crippen LogP contribution in [0.25, 0.3) is 10.8 Å². The number of ether oxygens (including phenoxy) is 1. The molecule has 4 heterocycles. The first-order valence-corrected chi connectivity index (χ1v) is 13.6. The molecule has 3 aliphatic carbocycles. The molecule has 5 fully saturated rings. The fourth-order valence-electron chi connectivity index (χ4n) is 7.09. The van der Waals surface area contributed by atoms with Crippen molar-refractivity contribution in [1.82, 2.24) is 19.7 Å². The molecule has 2 atom stereocenters. The largest absolute Gasteiger partial charge is 0.389 e. The van der Waals surface area contributed by atoms with Crippen molar-refractivity contribution in [1.29, 1.82) is 0 Å². The maximum Gasteiger partial charge on any atom is 0.260 e. The Balaban J connectivity index is 1.06. The van der Waals surface area contributed by atoms with E-state index in [1.807, 2.05) is 23.1 Å². The smallest absolute Gasteiger partial charge is 0.260 e. The van der Waals surface area contributed by atoms with Crippen molar-refractivity contribution in [3.8, 4) is 0 Å². The molecule has 194 valence electrons. The van der Waals surface area contributed by atoms with Crippen molar-refractivity contribution < 1.29 is 14.6 Å². The number of carbonyl (C=O) groups excluding carboxylic acids is 1. The van der Waals surface area contributed by atoms with Crippen LogP contribution in [0.4, 0.5) is 5.82 Å². The molecular weight excluding hydrogens is 466 g/mol. The number of pyridine rings is 1. The number of carbonyl (C=O) groups is 1. The van der Waals surface area contributed by atoms with E-state index in [1.54, 1.807) is 6.20 Å². The van der Waals surface area contributed by atoms with Crippen LogP contribution < -0.4 is 5.32 Å². The number of hydrogen-bond donors (Lipinski definition) is 2. The summed E-state index contributed by atoms with van der Waals surface area (Å²) in [5.41, 5.74) is 3.12. The third kappa shape index (κ3) is 3.72. The van der Waals surface area contributed by atoms with E-state index in [0.717, 1.165) is 42.6 Å². The zero-order chi connectivity index (χ0) is 25.4. The van der Waals surface area contributed by atoms with Gasteiger partial charge in [0.05, 0.1) is 42.2 Å². The molecule has 8 heteroatoms. The number of amides is 1. The average Bonchev–Trinajstić information content (AvgIpc) is 3.45. The summed E-state index contributed by atoms with van der Waals surface area (Å²) in [6.45, 7) is 7.22. The van der Waals surface area contributed by atoms with Gasteiger partial charge >= 0.3 is 0 Å². The molecular formula is C29H35N5O3. The second-order valence-electron chi connectivity index (χ2n) is 12.1. The number of aliphatic hydroxyl groups is 1. The van der Waals surface area contributed by atoms with E-state index >= 15 is 0 Å². The molecule has 0 spiro atoms. The fraction of sp³-hybridized carbons (Fsp3) is 0.552. The lowest BCUT2D eigenvalue weighted by atomic mass is 9.50. The standard InChI is InChI=1S/C29H35N5O3/c1-18-7-22-13-30-26(32-27(36)23-14-31-34(15-23)29-10-19(11-29)12-29)9-21(22)8-24(18)20-3-5-33(6-4-20)28(2)17-37-16-25(28)35/h7-9,13-15,19-20,25,35H,3-6,10-12,16-17H2,1-2H3,(H,30,32,36). The van der Waals surface area contributed by atoms with Crippen LogP contribution in [0.2, 0.25) is 0 Å². The summed E-state index contributed by atoms with van der Waals surface area (Å²) in [7, 11) is 0. The number of hydrogen-bond acceptors (Lipinski definition) is 6. The summed E-state index contributed by atoms with van der Waals surface area (Å²) in [6, 6.07) is 6.46. The summed E-state index contributed by atoms with van der Waals surface area (Å²) in [5.74, 6) is 1.72. The molecule has 1 aromatic carbocycles. The Labute approximate surface area is 217 Å². The van der Waals surface area contributed by atoms with Gasteiger partial charge in [-0.1, -0.05) is 6.07 Å². The third-order valence-corrected chi connectivity index (χ3v) is 9.73. The number of aromatic nitrogens is 3. The summed E-state index contributed by atoms with van der Waals surface area (Å²) >= 11 is 0. The Bertz CT molecular complexity index is 1360. The van der Waals surface area contributed by atoms with Gasteiger partial charge in [0, 0.05) is 17.8 Å². The second kappa shape index (κ2) is 8.35. The third-order valence-electron chi connectivity index (χ3n) is 9.73. The number of nitrogens with zero attached hydrogens (tertiary/aromatic N) is 4. The molecule has 3 saturated carbocycles. The normalized spacial score (nSPS) is 31.8. The number of rotatable bonds is 5. The molecule has 2 aliphatic heterocycles. The van der Waals surface area contributed by atoms with Crippen molar-refractivity contribution in [2.75, 3.05) is 31.6 Å². The van der Waals surface area contributed by atoms with Gasteiger partial charge in [0.2, 0.25) is 0 Å². The van der Waals surface area contributed by atoms with E-state index in [0.29, 0.717) is 30.5 Å². The molecule has 37 heavy (non-hydrogen) atoms. The van der Waals surface area contributed by atoms with Crippen molar-refractivity contribution in [3.05, 3.63) is 53.5 Å². The monoisotopic (exact) mass is 501 g/mol. The van der Waals surface area contributed by atoms with Gasteiger partial charge in [-0.05, 0) is 99.5 Å². The highest BCUT2D eigenvalue weighted by Crippen LogP contribution is 2.61. The lowest BCUT2D eigenvalue weighted by Crippen LogP contribution is -2.59. The number of benzene rings is 1. The predicted molar refractivity (Wildman–Crippen MR) is 141 cm³/mol. The molecule has 2 saturated heterocycles. The minimum Gasteiger partial charge on any atom is -0.389 e. The van der Waals surface area contributed by atoms with Crippen LogP contribution in [0.3, 0.4) is 0 Å². The van der Waals surface area contributed by atoms with Crippen LogP contribution in [-0.4, -0.2) is 68.6 Å². The van der Waals surface area contributed by atoms with E-state index in [9.17, 15) is 9.90 Å². The quantitative estimate of drug-likeness (QED) is 0.552. The molecule has 2 unspecified atom stereocenters. The van der Waals surface area contributed by atoms with Crippen molar-refractivity contribution >= 4 is 22.5 Å². The molecule has 2 N–H and O–H groups in total. The molecule has 3 aromatic rings. The lowest BCUT2D eigenvalue weighted by molar-refractivity contribution is -0.0978. The van der Waals surface area contributed by atoms with Gasteiger partial charge in [0.25, 0.3) is 5.91 Å². The Kier molecular flexibility index (Phi) is 5.26. The van der Waals surface area contributed by atoms with Crippen LogP contribution in [0, 0.1) is 12.8 Å². The Hall–Kier alpha value is -2.81. The number of aryl methyl sites for hydroxylation is 1. The zero-order valence-electron chi connectivity index (χ0n) is 21.6. The highest BCUT2D eigenvalue weighted by molar-refractivity contribution is 6.04. The summed E-state index contributed by atoms with van der Waals surface area (Å²) in [6.07, 6.45) is 10.7. The van der Waals surface area contributed by atoms with E-state index in [2.05, 4.69) is 46.3 Å². The highest BCUT2D eigenvalue weighted by atomic mass is 16.5. The Morgan fingerprint density at radius 2 is 1.92 bits per heavy atom. The minimum absolute atomic E-state index is 0.170. The number of aliphatic hydroxyl groups excluding tert-OH is 1. The first-order chi connectivity index (χ1) is 17.8. The maximum atomic E-state index is 12.9. The Morgan fingerprint density at radius 3 is 2.59 bits per heavy atom. The topological polar surface area (TPSA) is 92.5 Å². The Morgan fingerprint density at radius 1 is 1.14 bits per heavy atom. The van der Waals surface area contributed by atoms with Gasteiger partial charge in [-0.15, -0.1) is 0 Å². The first-order valence-electron chi connectivity index (χ1n) is 13.6. The number of piperidine rings is 1. The number of likely N-dealkylation sites (tertiary alicyclic amines) is 1. The van der Waals surface area contributed by atoms with Gasteiger partial charge in [-0.2, -0.15) is 5.10 Å². The lowest BCUT2D eigenvalue weighted by Gasteiger charge is -2.61. The van der Waals surface area contributed by atoms with E-state index in [1.165, 1.54) is 30.4 Å². The molecule has 8 nitrogen and oxygen atoms in total. The van der Waals surface area contributed by atoms with Gasteiger partial charge in [0.15, 0.2) is 0 Å².